The number of aliphatic hydroxyl groups excluding tert-OH is 1. The minimum Gasteiger partial charge on any atom is -0.388 e. The van der Waals surface area contributed by atoms with E-state index >= 15 is 0 Å². The number of carbonyl (C=O) groups excluding carboxylic acids is 1. The number of hydrogen-bond donors (Lipinski definition) is 3. The van der Waals surface area contributed by atoms with Crippen molar-refractivity contribution in [2.24, 2.45) is 13.0 Å². The first-order chi connectivity index (χ1) is 11.5. The van der Waals surface area contributed by atoms with Crippen LogP contribution in [0.15, 0.2) is 30.6 Å². The molecule has 0 saturated heterocycles. The SMILES string of the molecule is CC(C)C(NC(=O)c1ccc2nc(CO)[nH]c2c1)c1cnn(C)c1. The van der Waals surface area contributed by atoms with Gasteiger partial charge in [-0.25, -0.2) is 4.98 Å². The molecule has 0 aliphatic rings. The quantitative estimate of drug-likeness (QED) is 0.667. The number of nitrogens with zero attached hydrogens (tertiary/aromatic N) is 3. The molecule has 126 valence electrons. The Hall–Kier alpha value is -2.67. The van der Waals surface area contributed by atoms with Crippen LogP contribution in [-0.4, -0.2) is 30.8 Å². The summed E-state index contributed by atoms with van der Waals surface area (Å²) in [5.74, 6) is 0.563. The molecule has 1 amide bonds. The lowest BCUT2D eigenvalue weighted by Gasteiger charge is -2.21. The normalized spacial score (nSPS) is 12.7. The molecule has 2 aromatic heterocycles. The molecule has 0 spiro atoms. The van der Waals surface area contributed by atoms with E-state index in [0.717, 1.165) is 16.6 Å². The highest BCUT2D eigenvalue weighted by atomic mass is 16.3. The minimum absolute atomic E-state index is 0.114. The fourth-order valence-corrected chi connectivity index (χ4v) is 2.74. The summed E-state index contributed by atoms with van der Waals surface area (Å²) in [5, 5.41) is 16.4. The molecule has 24 heavy (non-hydrogen) atoms. The third-order valence-corrected chi connectivity index (χ3v) is 3.98. The van der Waals surface area contributed by atoms with E-state index in [2.05, 4.69) is 34.2 Å². The molecule has 0 aliphatic heterocycles. The van der Waals surface area contributed by atoms with Gasteiger partial charge in [-0.15, -0.1) is 0 Å². The van der Waals surface area contributed by atoms with Gasteiger partial charge in [0.1, 0.15) is 12.4 Å². The molecule has 0 bridgehead atoms. The second kappa shape index (κ2) is 6.45. The molecule has 3 N–H and O–H groups in total. The Morgan fingerprint density at radius 1 is 1.42 bits per heavy atom. The number of aromatic nitrogens is 4. The van der Waals surface area contributed by atoms with Crippen molar-refractivity contribution in [3.63, 3.8) is 0 Å². The Kier molecular flexibility index (Phi) is 4.35. The van der Waals surface area contributed by atoms with Crippen molar-refractivity contribution in [2.75, 3.05) is 0 Å². The summed E-state index contributed by atoms with van der Waals surface area (Å²) in [7, 11) is 1.85. The van der Waals surface area contributed by atoms with Gasteiger partial charge in [0.25, 0.3) is 5.91 Å². The highest BCUT2D eigenvalue weighted by Gasteiger charge is 2.20. The first-order valence-electron chi connectivity index (χ1n) is 7.87. The Morgan fingerprint density at radius 3 is 2.83 bits per heavy atom. The van der Waals surface area contributed by atoms with E-state index in [9.17, 15) is 4.79 Å². The van der Waals surface area contributed by atoms with Crippen molar-refractivity contribution in [3.05, 3.63) is 47.5 Å². The molecular formula is C17H21N5O2. The molecule has 3 aromatic rings. The van der Waals surface area contributed by atoms with Gasteiger partial charge in [-0.2, -0.15) is 5.10 Å². The van der Waals surface area contributed by atoms with Crippen LogP contribution in [0, 0.1) is 5.92 Å². The zero-order valence-corrected chi connectivity index (χ0v) is 13.9. The predicted octanol–water partition coefficient (Wildman–Crippen LogP) is 1.92. The summed E-state index contributed by atoms with van der Waals surface area (Å²) < 4.78 is 1.73. The number of carbonyl (C=O) groups is 1. The monoisotopic (exact) mass is 327 g/mol. The number of fused-ring (bicyclic) bond motifs is 1. The number of aryl methyl sites for hydroxylation is 1. The van der Waals surface area contributed by atoms with Gasteiger partial charge in [0.15, 0.2) is 0 Å². The molecular weight excluding hydrogens is 306 g/mol. The van der Waals surface area contributed by atoms with Gasteiger partial charge in [0, 0.05) is 24.4 Å². The maximum absolute atomic E-state index is 12.6. The van der Waals surface area contributed by atoms with Crippen LogP contribution in [0.5, 0.6) is 0 Å². The van der Waals surface area contributed by atoms with Crippen LogP contribution in [0.1, 0.15) is 41.6 Å². The zero-order valence-electron chi connectivity index (χ0n) is 13.9. The number of H-pyrrole nitrogens is 1. The topological polar surface area (TPSA) is 95.8 Å². The van der Waals surface area contributed by atoms with Crippen LogP contribution in [0.2, 0.25) is 0 Å². The molecule has 2 heterocycles. The molecule has 1 aromatic carbocycles. The van der Waals surface area contributed by atoms with E-state index in [1.54, 1.807) is 29.1 Å². The Labute approximate surface area is 139 Å². The number of hydrogen-bond acceptors (Lipinski definition) is 4. The lowest BCUT2D eigenvalue weighted by Crippen LogP contribution is -2.31. The van der Waals surface area contributed by atoms with E-state index in [1.165, 1.54) is 0 Å². The van der Waals surface area contributed by atoms with Gasteiger partial charge in [0.05, 0.1) is 23.3 Å². The minimum atomic E-state index is -0.160. The van der Waals surface area contributed by atoms with Crippen molar-refractivity contribution in [2.45, 2.75) is 26.5 Å². The second-order valence-corrected chi connectivity index (χ2v) is 6.22. The van der Waals surface area contributed by atoms with Crippen LogP contribution < -0.4 is 5.32 Å². The largest absolute Gasteiger partial charge is 0.388 e. The van der Waals surface area contributed by atoms with E-state index in [4.69, 9.17) is 5.11 Å². The molecule has 3 rings (SSSR count). The summed E-state index contributed by atoms with van der Waals surface area (Å²) in [4.78, 5) is 19.9. The zero-order chi connectivity index (χ0) is 17.3. The summed E-state index contributed by atoms with van der Waals surface area (Å²) in [6, 6.07) is 5.14. The Balaban J connectivity index is 1.84. The summed E-state index contributed by atoms with van der Waals surface area (Å²) in [6.45, 7) is 3.96. The van der Waals surface area contributed by atoms with Gasteiger partial charge in [-0.05, 0) is 24.1 Å². The summed E-state index contributed by atoms with van der Waals surface area (Å²) >= 11 is 0. The van der Waals surface area contributed by atoms with Gasteiger partial charge in [0.2, 0.25) is 0 Å². The van der Waals surface area contributed by atoms with E-state index in [1.807, 2.05) is 13.2 Å². The van der Waals surface area contributed by atoms with Crippen LogP contribution in [0.3, 0.4) is 0 Å². The van der Waals surface area contributed by atoms with E-state index in [0.29, 0.717) is 11.4 Å². The first kappa shape index (κ1) is 16.2. The standard InChI is InChI=1S/C17H21N5O2/c1-10(2)16(12-7-18-22(3)8-12)21-17(24)11-4-5-13-14(6-11)20-15(9-23)19-13/h4-8,10,16,23H,9H2,1-3H3,(H,19,20)(H,21,24). The smallest absolute Gasteiger partial charge is 0.251 e. The maximum atomic E-state index is 12.6. The third kappa shape index (κ3) is 3.16. The van der Waals surface area contributed by atoms with Crippen LogP contribution in [0.4, 0.5) is 0 Å². The highest BCUT2D eigenvalue weighted by Crippen LogP contribution is 2.22. The molecule has 0 radical (unpaired) electrons. The van der Waals surface area contributed by atoms with Crippen molar-refractivity contribution in [1.82, 2.24) is 25.1 Å². The van der Waals surface area contributed by atoms with Crippen molar-refractivity contribution in [1.29, 1.82) is 0 Å². The fourth-order valence-electron chi connectivity index (χ4n) is 2.74. The van der Waals surface area contributed by atoms with Gasteiger partial charge < -0.3 is 15.4 Å². The van der Waals surface area contributed by atoms with E-state index in [-0.39, 0.29) is 24.5 Å². The number of benzene rings is 1. The number of rotatable bonds is 5. The number of aliphatic hydroxyl groups is 1. The van der Waals surface area contributed by atoms with Crippen molar-refractivity contribution >= 4 is 16.9 Å². The van der Waals surface area contributed by atoms with Crippen LogP contribution >= 0.6 is 0 Å². The number of amides is 1. The number of aromatic amines is 1. The van der Waals surface area contributed by atoms with Crippen LogP contribution in [-0.2, 0) is 13.7 Å². The molecule has 1 unspecified atom stereocenters. The fraction of sp³-hybridized carbons (Fsp3) is 0.353. The first-order valence-corrected chi connectivity index (χ1v) is 7.87. The molecule has 0 aliphatic carbocycles. The Morgan fingerprint density at radius 2 is 2.21 bits per heavy atom. The molecule has 7 nitrogen and oxygen atoms in total. The molecule has 1 atom stereocenters. The van der Waals surface area contributed by atoms with Gasteiger partial charge in [-0.1, -0.05) is 13.8 Å². The summed E-state index contributed by atoms with van der Waals surface area (Å²) in [6.07, 6.45) is 3.69. The van der Waals surface area contributed by atoms with Gasteiger partial charge >= 0.3 is 0 Å². The van der Waals surface area contributed by atoms with Gasteiger partial charge in [-0.3, -0.25) is 9.48 Å². The lowest BCUT2D eigenvalue weighted by atomic mass is 9.98. The number of imidazole rings is 1. The Bertz CT molecular complexity index is 865. The second-order valence-electron chi connectivity index (χ2n) is 6.22. The predicted molar refractivity (Wildman–Crippen MR) is 90.3 cm³/mol. The molecule has 0 fully saturated rings. The van der Waals surface area contributed by atoms with Crippen LogP contribution in [0.25, 0.3) is 11.0 Å². The van der Waals surface area contributed by atoms with E-state index < -0.39 is 0 Å². The maximum Gasteiger partial charge on any atom is 0.251 e. The average Bonchev–Trinajstić information content (AvgIpc) is 3.16. The van der Waals surface area contributed by atoms with Crippen molar-refractivity contribution in [3.8, 4) is 0 Å². The molecule has 7 heteroatoms. The number of nitrogens with one attached hydrogen (secondary N) is 2. The van der Waals surface area contributed by atoms with Crippen molar-refractivity contribution < 1.29 is 9.90 Å². The highest BCUT2D eigenvalue weighted by molar-refractivity contribution is 5.97. The molecule has 0 saturated carbocycles. The third-order valence-electron chi connectivity index (χ3n) is 3.98. The average molecular weight is 327 g/mol. The summed E-state index contributed by atoms with van der Waals surface area (Å²) in [5.41, 5.74) is 2.98. The lowest BCUT2D eigenvalue weighted by molar-refractivity contribution is 0.0925.